The van der Waals surface area contributed by atoms with Gasteiger partial charge in [-0.3, -0.25) is 4.79 Å². The van der Waals surface area contributed by atoms with Gasteiger partial charge in [0.15, 0.2) is 0 Å². The van der Waals surface area contributed by atoms with Crippen LogP contribution in [0.5, 0.6) is 0 Å². The van der Waals surface area contributed by atoms with Crippen LogP contribution >= 0.6 is 0 Å². The zero-order chi connectivity index (χ0) is 22.4. The number of piperidine rings is 1. The molecule has 9 atom stereocenters. The monoisotopic (exact) mass is 429 g/mol. The van der Waals surface area contributed by atoms with Gasteiger partial charge in [-0.1, -0.05) is 66.7 Å². The maximum absolute atomic E-state index is 12.4. The molecule has 0 bridgehead atoms. The van der Waals surface area contributed by atoms with Gasteiger partial charge in [0.1, 0.15) is 0 Å². The Hall–Kier alpha value is -0.530. The molecule has 0 aromatic carbocycles. The molecule has 0 spiro atoms. The summed E-state index contributed by atoms with van der Waals surface area (Å²) < 4.78 is 0. The molecule has 1 amide bonds. The van der Waals surface area contributed by atoms with Crippen LogP contribution in [0.3, 0.4) is 0 Å². The highest BCUT2D eigenvalue weighted by atomic mass is 16.2. The molecule has 0 N–H and O–H groups in total. The van der Waals surface area contributed by atoms with Gasteiger partial charge >= 0.3 is 0 Å². The number of fused-ring (bicyclic) bond motifs is 5. The predicted octanol–water partition coefficient (Wildman–Crippen LogP) is 7.71. The minimum Gasteiger partial charge on any atom is -0.342 e. The number of nitrogens with zero attached hydrogens (tertiary/aromatic N) is 1. The van der Waals surface area contributed by atoms with Crippen LogP contribution in [0.15, 0.2) is 0 Å². The van der Waals surface area contributed by atoms with E-state index in [1.54, 1.807) is 0 Å². The minimum absolute atomic E-state index is 0.367. The van der Waals surface area contributed by atoms with Gasteiger partial charge in [-0.25, -0.2) is 0 Å². The van der Waals surface area contributed by atoms with E-state index in [1.165, 1.54) is 70.6 Å². The van der Waals surface area contributed by atoms with E-state index < -0.39 is 0 Å². The molecule has 2 unspecified atom stereocenters. The lowest BCUT2D eigenvalue weighted by Crippen LogP contribution is -2.61. The second-order valence-electron chi connectivity index (χ2n) is 13.0. The Bertz CT molecular complexity index is 645. The summed E-state index contributed by atoms with van der Waals surface area (Å²) in [5.74, 6) is 5.86. The van der Waals surface area contributed by atoms with Gasteiger partial charge in [-0.15, -0.1) is 0 Å². The largest absolute Gasteiger partial charge is 0.342 e. The quantitative estimate of drug-likeness (QED) is 0.406. The van der Waals surface area contributed by atoms with E-state index in [0.717, 1.165) is 48.3 Å². The van der Waals surface area contributed by atoms with Crippen molar-refractivity contribution in [3.05, 3.63) is 0 Å². The summed E-state index contributed by atoms with van der Waals surface area (Å²) in [5.41, 5.74) is 0.946. The van der Waals surface area contributed by atoms with Crippen molar-refractivity contribution < 1.29 is 4.79 Å². The predicted molar refractivity (Wildman–Crippen MR) is 131 cm³/mol. The van der Waals surface area contributed by atoms with Crippen molar-refractivity contribution in [3.63, 3.8) is 0 Å². The van der Waals surface area contributed by atoms with Crippen LogP contribution in [0, 0.1) is 46.3 Å². The summed E-state index contributed by atoms with van der Waals surface area (Å²) >= 11 is 0. The molecule has 178 valence electrons. The Kier molecular flexibility index (Phi) is 6.87. The van der Waals surface area contributed by atoms with E-state index in [1.807, 2.05) is 0 Å². The van der Waals surface area contributed by atoms with Crippen molar-refractivity contribution in [2.45, 2.75) is 124 Å². The highest BCUT2D eigenvalue weighted by molar-refractivity contribution is 5.77. The Morgan fingerprint density at radius 3 is 2.42 bits per heavy atom. The second-order valence-corrected chi connectivity index (χ2v) is 13.0. The molecule has 1 saturated heterocycles. The van der Waals surface area contributed by atoms with Crippen molar-refractivity contribution in [3.8, 4) is 0 Å². The van der Waals surface area contributed by atoms with Crippen molar-refractivity contribution >= 4 is 5.91 Å². The van der Waals surface area contributed by atoms with Gasteiger partial charge in [0.2, 0.25) is 5.91 Å². The fourth-order valence-corrected chi connectivity index (χ4v) is 9.75. The lowest BCUT2D eigenvalue weighted by atomic mass is 9.46. The van der Waals surface area contributed by atoms with Crippen LogP contribution in [0.25, 0.3) is 0 Å². The third kappa shape index (κ3) is 4.01. The number of likely N-dealkylation sites (tertiary alicyclic amines) is 1. The molecule has 0 aromatic heterocycles. The third-order valence-electron chi connectivity index (χ3n) is 11.5. The van der Waals surface area contributed by atoms with E-state index in [0.29, 0.717) is 22.8 Å². The number of carbonyl (C=O) groups is 1. The fourth-order valence-electron chi connectivity index (χ4n) is 9.75. The number of hydrogen-bond acceptors (Lipinski definition) is 1. The van der Waals surface area contributed by atoms with Gasteiger partial charge in [-0.05, 0) is 91.3 Å². The molecule has 31 heavy (non-hydrogen) atoms. The molecule has 2 heteroatoms. The van der Waals surface area contributed by atoms with Gasteiger partial charge < -0.3 is 4.90 Å². The van der Waals surface area contributed by atoms with Crippen LogP contribution < -0.4 is 0 Å². The average molecular weight is 430 g/mol. The first-order chi connectivity index (χ1) is 14.7. The lowest BCUT2D eigenvalue weighted by Gasteiger charge is -2.62. The normalized spacial score (nSPS) is 44.4. The Morgan fingerprint density at radius 2 is 1.68 bits per heavy atom. The van der Waals surface area contributed by atoms with Crippen molar-refractivity contribution in [1.29, 1.82) is 0 Å². The Balaban J connectivity index is 1.42. The van der Waals surface area contributed by atoms with Crippen molar-refractivity contribution in [1.82, 2.24) is 4.90 Å². The summed E-state index contributed by atoms with van der Waals surface area (Å²) in [6.07, 6.45) is 17.4. The van der Waals surface area contributed by atoms with E-state index in [-0.39, 0.29) is 0 Å². The molecule has 4 rings (SSSR count). The average Bonchev–Trinajstić information content (AvgIpc) is 3.08. The Morgan fingerprint density at radius 1 is 0.935 bits per heavy atom. The van der Waals surface area contributed by atoms with Crippen LogP contribution in [-0.4, -0.2) is 23.9 Å². The molecule has 1 aliphatic heterocycles. The number of rotatable bonds is 7. The summed E-state index contributed by atoms with van der Waals surface area (Å²) in [7, 11) is 2.09. The molecule has 1 heterocycles. The van der Waals surface area contributed by atoms with Crippen LogP contribution in [-0.2, 0) is 4.79 Å². The standard InChI is InChI=1S/C29H51NO/c1-7-9-20(2)10-8-11-21(3)23-13-14-24-22-12-15-26-29(5,19-17-27(31)30(26)6)25(22)16-18-28(23,24)4/h20-26H,7-19H2,1-6H3/t20?,21-,22+,23-,24+,25+,26?,28-,29-/m1/s1. The zero-order valence-electron chi connectivity index (χ0n) is 21.6. The summed E-state index contributed by atoms with van der Waals surface area (Å²) in [5, 5.41) is 0. The molecule has 3 aliphatic carbocycles. The summed E-state index contributed by atoms with van der Waals surface area (Å²) in [6.45, 7) is 12.6. The first kappa shape index (κ1) is 23.6. The molecule has 4 aliphatic rings. The van der Waals surface area contributed by atoms with E-state index in [2.05, 4.69) is 46.6 Å². The first-order valence-electron chi connectivity index (χ1n) is 14.0. The van der Waals surface area contributed by atoms with Crippen LogP contribution in [0.1, 0.15) is 118 Å². The second kappa shape index (κ2) is 9.02. The lowest BCUT2D eigenvalue weighted by molar-refractivity contribution is -0.158. The molecular formula is C29H51NO. The SMILES string of the molecule is CCCC(C)CCC[C@@H](C)[C@H]1CC[C@H]2[C@@H]3CCC4N(C)C(=O)CC[C@]4(C)[C@H]3CC[C@]12C. The molecule has 0 radical (unpaired) electrons. The van der Waals surface area contributed by atoms with Gasteiger partial charge in [0, 0.05) is 19.5 Å². The van der Waals surface area contributed by atoms with Crippen molar-refractivity contribution in [2.75, 3.05) is 7.05 Å². The van der Waals surface area contributed by atoms with Gasteiger partial charge in [-0.2, -0.15) is 0 Å². The van der Waals surface area contributed by atoms with Gasteiger partial charge in [0.05, 0.1) is 0 Å². The van der Waals surface area contributed by atoms with Crippen LogP contribution in [0.4, 0.5) is 0 Å². The molecule has 3 saturated carbocycles. The fraction of sp³-hybridized carbons (Fsp3) is 0.966. The Labute approximate surface area is 193 Å². The minimum atomic E-state index is 0.367. The van der Waals surface area contributed by atoms with Gasteiger partial charge in [0.25, 0.3) is 0 Å². The first-order valence-corrected chi connectivity index (χ1v) is 14.0. The van der Waals surface area contributed by atoms with E-state index in [4.69, 9.17) is 0 Å². The number of amides is 1. The molecular weight excluding hydrogens is 378 g/mol. The molecule has 4 fully saturated rings. The number of hydrogen-bond donors (Lipinski definition) is 0. The van der Waals surface area contributed by atoms with Crippen LogP contribution in [0.2, 0.25) is 0 Å². The third-order valence-corrected chi connectivity index (χ3v) is 11.5. The maximum Gasteiger partial charge on any atom is 0.222 e. The van der Waals surface area contributed by atoms with E-state index in [9.17, 15) is 4.79 Å². The summed E-state index contributed by atoms with van der Waals surface area (Å²) in [6, 6.07) is 0.501. The smallest absolute Gasteiger partial charge is 0.222 e. The van der Waals surface area contributed by atoms with E-state index >= 15 is 0 Å². The molecule has 0 aromatic rings. The highest BCUT2D eigenvalue weighted by Gasteiger charge is 2.61. The van der Waals surface area contributed by atoms with Crippen molar-refractivity contribution in [2.24, 2.45) is 46.3 Å². The summed E-state index contributed by atoms with van der Waals surface area (Å²) in [4.78, 5) is 14.5. The zero-order valence-corrected chi connectivity index (χ0v) is 21.6. The number of carbonyl (C=O) groups excluding carboxylic acids is 1. The molecule has 2 nitrogen and oxygen atoms in total. The topological polar surface area (TPSA) is 20.3 Å². The highest BCUT2D eigenvalue weighted by Crippen LogP contribution is 2.67. The maximum atomic E-state index is 12.4.